The van der Waals surface area contributed by atoms with Crippen LogP contribution in [0.5, 0.6) is 0 Å². The van der Waals surface area contributed by atoms with Gasteiger partial charge in [0.25, 0.3) is 5.56 Å². The summed E-state index contributed by atoms with van der Waals surface area (Å²) in [6.45, 7) is 0.382. The van der Waals surface area contributed by atoms with Crippen LogP contribution < -0.4 is 11.2 Å². The van der Waals surface area contributed by atoms with Crippen molar-refractivity contribution in [3.8, 4) is 0 Å². The van der Waals surface area contributed by atoms with Crippen LogP contribution in [-0.2, 0) is 25.4 Å². The van der Waals surface area contributed by atoms with Gasteiger partial charge in [-0.2, -0.15) is 0 Å². The number of aryl methyl sites for hydroxylation is 2. The summed E-state index contributed by atoms with van der Waals surface area (Å²) >= 11 is 0. The van der Waals surface area contributed by atoms with Crippen molar-refractivity contribution < 1.29 is 4.79 Å². The normalized spacial score (nSPS) is 10.9. The van der Waals surface area contributed by atoms with Crippen molar-refractivity contribution in [1.29, 1.82) is 0 Å². The van der Waals surface area contributed by atoms with Crippen molar-refractivity contribution in [1.82, 2.24) is 18.7 Å². The summed E-state index contributed by atoms with van der Waals surface area (Å²) in [7, 11) is 2.97. The van der Waals surface area contributed by atoms with Crippen LogP contribution in [0.15, 0.2) is 15.9 Å². The van der Waals surface area contributed by atoms with Gasteiger partial charge in [0.05, 0.1) is 6.33 Å². The Bertz CT molecular complexity index is 692. The molecule has 0 amide bonds. The maximum Gasteiger partial charge on any atom is 0.332 e. The molecule has 0 radical (unpaired) electrons. The zero-order chi connectivity index (χ0) is 12.6. The van der Waals surface area contributed by atoms with E-state index < -0.39 is 11.2 Å². The SMILES string of the molecule is Cn1c(=O)c2c(ncn2CCC=O)n(C)c1=O. The molecule has 2 aromatic rings. The molecule has 2 rings (SSSR count). The monoisotopic (exact) mass is 236 g/mol. The lowest BCUT2D eigenvalue weighted by Gasteiger charge is -2.04. The van der Waals surface area contributed by atoms with Gasteiger partial charge < -0.3 is 9.36 Å². The number of carbonyl (C=O) groups excluding carboxylic acids is 1. The Morgan fingerprint density at radius 1 is 1.29 bits per heavy atom. The topological polar surface area (TPSA) is 78.9 Å². The Balaban J connectivity index is 2.81. The summed E-state index contributed by atoms with van der Waals surface area (Å²) in [6.07, 6.45) is 2.55. The number of nitrogens with zero attached hydrogens (tertiary/aromatic N) is 4. The van der Waals surface area contributed by atoms with E-state index in [0.717, 1.165) is 10.9 Å². The predicted molar refractivity (Wildman–Crippen MR) is 60.9 cm³/mol. The zero-order valence-corrected chi connectivity index (χ0v) is 9.58. The van der Waals surface area contributed by atoms with Crippen molar-refractivity contribution in [3.05, 3.63) is 27.2 Å². The first-order chi connectivity index (χ1) is 8.07. The Morgan fingerprint density at radius 2 is 2.00 bits per heavy atom. The van der Waals surface area contributed by atoms with Crippen LogP contribution in [0.4, 0.5) is 0 Å². The molecule has 7 heteroatoms. The maximum atomic E-state index is 11.9. The van der Waals surface area contributed by atoms with E-state index in [1.807, 2.05) is 0 Å². The van der Waals surface area contributed by atoms with Gasteiger partial charge in [-0.25, -0.2) is 9.78 Å². The van der Waals surface area contributed by atoms with E-state index >= 15 is 0 Å². The molecule has 0 N–H and O–H groups in total. The minimum absolute atomic E-state index is 0.303. The average Bonchev–Trinajstić information content (AvgIpc) is 2.75. The first-order valence-electron chi connectivity index (χ1n) is 5.12. The standard InChI is InChI=1S/C10H12N4O3/c1-12-8-7(9(16)13(2)10(12)17)14(6-11-8)4-3-5-15/h5-6H,3-4H2,1-2H3. The number of fused-ring (bicyclic) bond motifs is 1. The van der Waals surface area contributed by atoms with Crippen LogP contribution in [-0.4, -0.2) is 25.0 Å². The summed E-state index contributed by atoms with van der Waals surface area (Å²) < 4.78 is 3.93. The fourth-order valence-electron chi connectivity index (χ4n) is 1.76. The molecule has 0 unspecified atom stereocenters. The van der Waals surface area contributed by atoms with E-state index in [1.54, 1.807) is 11.6 Å². The van der Waals surface area contributed by atoms with E-state index in [2.05, 4.69) is 4.98 Å². The molecule has 2 heterocycles. The third-order valence-electron chi connectivity index (χ3n) is 2.71. The van der Waals surface area contributed by atoms with Crippen LogP contribution in [0, 0.1) is 0 Å². The number of carbonyl (C=O) groups is 1. The molecule has 0 saturated carbocycles. The van der Waals surface area contributed by atoms with Gasteiger partial charge in [-0.05, 0) is 0 Å². The minimum atomic E-state index is -0.414. The van der Waals surface area contributed by atoms with Crippen LogP contribution in [0.1, 0.15) is 6.42 Å². The molecular formula is C10H12N4O3. The summed E-state index contributed by atoms with van der Waals surface area (Å²) in [6, 6.07) is 0. The highest BCUT2D eigenvalue weighted by atomic mass is 16.2. The third-order valence-corrected chi connectivity index (χ3v) is 2.71. The highest BCUT2D eigenvalue weighted by molar-refractivity contribution is 5.70. The van der Waals surface area contributed by atoms with E-state index in [1.165, 1.54) is 17.9 Å². The highest BCUT2D eigenvalue weighted by Crippen LogP contribution is 2.05. The second kappa shape index (κ2) is 4.00. The quantitative estimate of drug-likeness (QED) is 0.642. The summed E-state index contributed by atoms with van der Waals surface area (Å²) in [5.74, 6) is 0. The van der Waals surface area contributed by atoms with Gasteiger partial charge in [0.1, 0.15) is 6.29 Å². The molecule has 0 fully saturated rings. The second-order valence-electron chi connectivity index (χ2n) is 3.77. The molecule has 7 nitrogen and oxygen atoms in total. The minimum Gasteiger partial charge on any atom is -0.324 e. The van der Waals surface area contributed by atoms with E-state index in [4.69, 9.17) is 0 Å². The van der Waals surface area contributed by atoms with Gasteiger partial charge in [-0.1, -0.05) is 0 Å². The lowest BCUT2D eigenvalue weighted by atomic mass is 10.4. The van der Waals surface area contributed by atoms with Gasteiger partial charge in [-0.15, -0.1) is 0 Å². The van der Waals surface area contributed by atoms with E-state index in [-0.39, 0.29) is 0 Å². The lowest BCUT2D eigenvalue weighted by Crippen LogP contribution is -2.37. The van der Waals surface area contributed by atoms with Crippen molar-refractivity contribution in [3.63, 3.8) is 0 Å². The van der Waals surface area contributed by atoms with Gasteiger partial charge in [0.2, 0.25) is 0 Å². The van der Waals surface area contributed by atoms with E-state index in [0.29, 0.717) is 24.1 Å². The van der Waals surface area contributed by atoms with Crippen molar-refractivity contribution in [2.24, 2.45) is 14.1 Å². The van der Waals surface area contributed by atoms with Crippen molar-refractivity contribution >= 4 is 17.5 Å². The molecular weight excluding hydrogens is 224 g/mol. The van der Waals surface area contributed by atoms with E-state index in [9.17, 15) is 14.4 Å². The largest absolute Gasteiger partial charge is 0.332 e. The number of hydrogen-bond acceptors (Lipinski definition) is 4. The highest BCUT2D eigenvalue weighted by Gasteiger charge is 2.13. The third kappa shape index (κ3) is 1.59. The van der Waals surface area contributed by atoms with Crippen molar-refractivity contribution in [2.75, 3.05) is 0 Å². The van der Waals surface area contributed by atoms with Crippen LogP contribution in [0.25, 0.3) is 11.2 Å². The van der Waals surface area contributed by atoms with Crippen LogP contribution in [0.3, 0.4) is 0 Å². The number of imidazole rings is 1. The molecule has 90 valence electrons. The molecule has 0 aliphatic carbocycles. The number of rotatable bonds is 3. The summed E-state index contributed by atoms with van der Waals surface area (Å²) in [4.78, 5) is 38.0. The summed E-state index contributed by atoms with van der Waals surface area (Å²) in [5.41, 5.74) is -0.130. The fraction of sp³-hybridized carbons (Fsp3) is 0.400. The molecule has 0 aliphatic heterocycles. The number of aromatic nitrogens is 4. The smallest absolute Gasteiger partial charge is 0.324 e. The van der Waals surface area contributed by atoms with Crippen LogP contribution >= 0.6 is 0 Å². The molecule has 2 aromatic heterocycles. The van der Waals surface area contributed by atoms with Gasteiger partial charge in [0, 0.05) is 27.1 Å². The Labute approximate surface area is 95.9 Å². The maximum absolute atomic E-state index is 11.9. The Morgan fingerprint density at radius 3 is 2.65 bits per heavy atom. The molecule has 0 aromatic carbocycles. The lowest BCUT2D eigenvalue weighted by molar-refractivity contribution is -0.108. The molecule has 0 spiro atoms. The molecule has 0 aliphatic rings. The molecule has 0 atom stereocenters. The predicted octanol–water partition coefficient (Wildman–Crippen LogP) is -0.977. The van der Waals surface area contributed by atoms with Crippen molar-refractivity contribution in [2.45, 2.75) is 13.0 Å². The first-order valence-corrected chi connectivity index (χ1v) is 5.12. The molecule has 0 saturated heterocycles. The average molecular weight is 236 g/mol. The number of aldehydes is 1. The Hall–Kier alpha value is -2.18. The first kappa shape index (κ1) is 11.3. The molecule has 17 heavy (non-hydrogen) atoms. The van der Waals surface area contributed by atoms with Gasteiger partial charge in [-0.3, -0.25) is 13.9 Å². The van der Waals surface area contributed by atoms with Gasteiger partial charge in [0.15, 0.2) is 11.2 Å². The van der Waals surface area contributed by atoms with Gasteiger partial charge >= 0.3 is 5.69 Å². The fourth-order valence-corrected chi connectivity index (χ4v) is 1.76. The number of hydrogen-bond donors (Lipinski definition) is 0. The molecule has 0 bridgehead atoms. The zero-order valence-electron chi connectivity index (χ0n) is 9.58. The van der Waals surface area contributed by atoms with Crippen LogP contribution in [0.2, 0.25) is 0 Å². The summed E-state index contributed by atoms with van der Waals surface area (Å²) in [5, 5.41) is 0. The Kier molecular flexibility index (Phi) is 2.66. The second-order valence-corrected chi connectivity index (χ2v) is 3.77.